The summed E-state index contributed by atoms with van der Waals surface area (Å²) in [6, 6.07) is 13.8. The molecule has 4 nitrogen and oxygen atoms in total. The molecule has 1 N–H and O–H groups in total. The highest BCUT2D eigenvalue weighted by atomic mass is 32.2. The molecule has 2 aromatic rings. The highest BCUT2D eigenvalue weighted by molar-refractivity contribution is 7.92. The monoisotopic (exact) mass is 319 g/mol. The van der Waals surface area contributed by atoms with Crippen molar-refractivity contribution in [2.24, 2.45) is 5.92 Å². The summed E-state index contributed by atoms with van der Waals surface area (Å²) in [6.07, 6.45) is 0.937. The minimum absolute atomic E-state index is 0.260. The molecule has 0 amide bonds. The number of anilines is 1. The third kappa shape index (κ3) is 4.24. The number of hydrogen-bond acceptors (Lipinski definition) is 3. The average Bonchev–Trinajstić information content (AvgIpc) is 2.47. The average molecular weight is 319 g/mol. The lowest BCUT2D eigenvalue weighted by Gasteiger charge is -2.10. The second-order valence-corrected chi connectivity index (χ2v) is 7.26. The topological polar surface area (TPSA) is 55.4 Å². The Morgan fingerprint density at radius 2 is 1.59 bits per heavy atom. The Labute approximate surface area is 132 Å². The quantitative estimate of drug-likeness (QED) is 0.883. The lowest BCUT2D eigenvalue weighted by molar-refractivity contribution is 0.415. The first-order valence-electron chi connectivity index (χ1n) is 7.16. The SMILES string of the molecule is COc1ccc(NS(=O)(=O)c2ccc(CC(C)C)cc2)cc1. The second-order valence-electron chi connectivity index (χ2n) is 5.58. The Kier molecular flexibility index (Phi) is 5.08. The van der Waals surface area contributed by atoms with Crippen molar-refractivity contribution in [3.05, 3.63) is 54.1 Å². The minimum Gasteiger partial charge on any atom is -0.497 e. The largest absolute Gasteiger partial charge is 0.497 e. The summed E-state index contributed by atoms with van der Waals surface area (Å²) in [7, 11) is -2.00. The van der Waals surface area contributed by atoms with E-state index < -0.39 is 10.0 Å². The highest BCUT2D eigenvalue weighted by Crippen LogP contribution is 2.20. The van der Waals surface area contributed by atoms with Crippen molar-refractivity contribution in [1.82, 2.24) is 0 Å². The molecule has 0 saturated heterocycles. The van der Waals surface area contributed by atoms with Crippen molar-refractivity contribution in [1.29, 1.82) is 0 Å². The first-order valence-corrected chi connectivity index (χ1v) is 8.65. The van der Waals surface area contributed by atoms with E-state index in [-0.39, 0.29) is 4.90 Å². The van der Waals surface area contributed by atoms with Crippen molar-refractivity contribution in [2.75, 3.05) is 11.8 Å². The molecule has 5 heteroatoms. The van der Waals surface area contributed by atoms with E-state index in [1.807, 2.05) is 12.1 Å². The van der Waals surface area contributed by atoms with Crippen LogP contribution in [-0.2, 0) is 16.4 Å². The molecule has 0 spiro atoms. The fourth-order valence-electron chi connectivity index (χ4n) is 2.15. The maximum Gasteiger partial charge on any atom is 0.261 e. The zero-order valence-corrected chi connectivity index (χ0v) is 13.9. The van der Waals surface area contributed by atoms with Crippen molar-refractivity contribution < 1.29 is 13.2 Å². The molecule has 0 aliphatic carbocycles. The Morgan fingerprint density at radius 3 is 2.09 bits per heavy atom. The van der Waals surface area contributed by atoms with Gasteiger partial charge in [0, 0.05) is 5.69 Å². The standard InChI is InChI=1S/C17H21NO3S/c1-13(2)12-14-4-10-17(11-5-14)22(19,20)18-15-6-8-16(21-3)9-7-15/h4-11,13,18H,12H2,1-3H3. The minimum atomic E-state index is -3.57. The van der Waals surface area contributed by atoms with Crippen LogP contribution >= 0.6 is 0 Å². The molecule has 0 unspecified atom stereocenters. The summed E-state index contributed by atoms with van der Waals surface area (Å²) in [4.78, 5) is 0.260. The van der Waals surface area contributed by atoms with Gasteiger partial charge in [-0.15, -0.1) is 0 Å². The molecule has 0 fully saturated rings. The van der Waals surface area contributed by atoms with Gasteiger partial charge in [-0.3, -0.25) is 4.72 Å². The van der Waals surface area contributed by atoms with Crippen LogP contribution in [0.5, 0.6) is 5.75 Å². The molecule has 2 rings (SSSR count). The van der Waals surface area contributed by atoms with Gasteiger partial charge in [0.15, 0.2) is 0 Å². The summed E-state index contributed by atoms with van der Waals surface area (Å²) < 4.78 is 32.3. The maximum atomic E-state index is 12.3. The van der Waals surface area contributed by atoms with Crippen LogP contribution in [0.15, 0.2) is 53.4 Å². The van der Waals surface area contributed by atoms with E-state index in [4.69, 9.17) is 4.74 Å². The van der Waals surface area contributed by atoms with Gasteiger partial charge < -0.3 is 4.74 Å². The molecule has 2 aromatic carbocycles. The predicted octanol–water partition coefficient (Wildman–Crippen LogP) is 3.69. The fourth-order valence-corrected chi connectivity index (χ4v) is 3.21. The molecule has 0 atom stereocenters. The maximum absolute atomic E-state index is 12.3. The number of nitrogens with one attached hydrogen (secondary N) is 1. The van der Waals surface area contributed by atoms with Gasteiger partial charge in [-0.05, 0) is 54.3 Å². The third-order valence-electron chi connectivity index (χ3n) is 3.22. The smallest absolute Gasteiger partial charge is 0.261 e. The molecule has 118 valence electrons. The van der Waals surface area contributed by atoms with E-state index in [1.165, 1.54) is 0 Å². The zero-order valence-electron chi connectivity index (χ0n) is 13.0. The van der Waals surface area contributed by atoms with Crippen LogP contribution < -0.4 is 9.46 Å². The first-order chi connectivity index (χ1) is 10.4. The molecular weight excluding hydrogens is 298 g/mol. The predicted molar refractivity (Wildman–Crippen MR) is 88.8 cm³/mol. The number of ether oxygens (including phenoxy) is 1. The second kappa shape index (κ2) is 6.83. The molecule has 0 bridgehead atoms. The van der Waals surface area contributed by atoms with E-state index in [1.54, 1.807) is 43.5 Å². The van der Waals surface area contributed by atoms with E-state index in [2.05, 4.69) is 18.6 Å². The Morgan fingerprint density at radius 1 is 1.00 bits per heavy atom. The molecule has 0 aliphatic heterocycles. The Hall–Kier alpha value is -2.01. The van der Waals surface area contributed by atoms with Crippen molar-refractivity contribution in [2.45, 2.75) is 25.2 Å². The van der Waals surface area contributed by atoms with Gasteiger partial charge in [0.2, 0.25) is 0 Å². The molecule has 0 saturated carbocycles. The highest BCUT2D eigenvalue weighted by Gasteiger charge is 2.14. The summed E-state index contributed by atoms with van der Waals surface area (Å²) in [5.74, 6) is 1.22. The molecule has 22 heavy (non-hydrogen) atoms. The number of benzene rings is 2. The number of methoxy groups -OCH3 is 1. The van der Waals surface area contributed by atoms with Crippen LogP contribution in [0.2, 0.25) is 0 Å². The van der Waals surface area contributed by atoms with Crippen molar-refractivity contribution in [3.63, 3.8) is 0 Å². The van der Waals surface area contributed by atoms with E-state index in [0.717, 1.165) is 12.0 Å². The lowest BCUT2D eigenvalue weighted by atomic mass is 10.0. The van der Waals surface area contributed by atoms with Crippen LogP contribution in [0.4, 0.5) is 5.69 Å². The first kappa shape index (κ1) is 16.4. The number of sulfonamides is 1. The van der Waals surface area contributed by atoms with Crippen molar-refractivity contribution >= 4 is 15.7 Å². The summed E-state index contributed by atoms with van der Waals surface area (Å²) in [6.45, 7) is 4.27. The van der Waals surface area contributed by atoms with E-state index in [9.17, 15) is 8.42 Å². The van der Waals surface area contributed by atoms with Gasteiger partial charge in [-0.1, -0.05) is 26.0 Å². The van der Waals surface area contributed by atoms with Crippen molar-refractivity contribution in [3.8, 4) is 5.75 Å². The van der Waals surface area contributed by atoms with Crippen LogP contribution in [0.25, 0.3) is 0 Å². The van der Waals surface area contributed by atoms with Crippen LogP contribution in [0.3, 0.4) is 0 Å². The molecule has 0 heterocycles. The van der Waals surface area contributed by atoms with Gasteiger partial charge in [0.05, 0.1) is 12.0 Å². The van der Waals surface area contributed by atoms with Crippen LogP contribution in [0.1, 0.15) is 19.4 Å². The van der Waals surface area contributed by atoms with Gasteiger partial charge in [-0.25, -0.2) is 8.42 Å². The van der Waals surface area contributed by atoms with E-state index in [0.29, 0.717) is 17.4 Å². The molecule has 0 aromatic heterocycles. The third-order valence-corrected chi connectivity index (χ3v) is 4.62. The Bertz CT molecular complexity index is 705. The zero-order chi connectivity index (χ0) is 16.2. The summed E-state index contributed by atoms with van der Waals surface area (Å²) >= 11 is 0. The van der Waals surface area contributed by atoms with Gasteiger partial charge >= 0.3 is 0 Å². The fraction of sp³-hybridized carbons (Fsp3) is 0.294. The number of rotatable bonds is 6. The molecule has 0 radical (unpaired) electrons. The van der Waals surface area contributed by atoms with Crippen LogP contribution in [-0.4, -0.2) is 15.5 Å². The molecule has 0 aliphatic rings. The van der Waals surface area contributed by atoms with Crippen LogP contribution in [0, 0.1) is 5.92 Å². The summed E-state index contributed by atoms with van der Waals surface area (Å²) in [5.41, 5.74) is 1.64. The lowest BCUT2D eigenvalue weighted by Crippen LogP contribution is -2.13. The van der Waals surface area contributed by atoms with Gasteiger partial charge in [-0.2, -0.15) is 0 Å². The normalized spacial score (nSPS) is 11.5. The van der Waals surface area contributed by atoms with E-state index >= 15 is 0 Å². The Balaban J connectivity index is 2.15. The van der Waals surface area contributed by atoms with Gasteiger partial charge in [0.1, 0.15) is 5.75 Å². The summed E-state index contributed by atoms with van der Waals surface area (Å²) in [5, 5.41) is 0. The number of hydrogen-bond donors (Lipinski definition) is 1. The molecular formula is C17H21NO3S. The van der Waals surface area contributed by atoms with Gasteiger partial charge in [0.25, 0.3) is 10.0 Å².